The van der Waals surface area contributed by atoms with Crippen molar-refractivity contribution in [3.63, 3.8) is 0 Å². The molecule has 1 heterocycles. The van der Waals surface area contributed by atoms with Crippen molar-refractivity contribution in [1.82, 2.24) is 4.98 Å². The molecule has 0 aliphatic rings. The zero-order valence-electron chi connectivity index (χ0n) is 10.9. The van der Waals surface area contributed by atoms with Crippen LogP contribution in [0.1, 0.15) is 10.4 Å². The van der Waals surface area contributed by atoms with Crippen LogP contribution < -0.4 is 5.32 Å². The van der Waals surface area contributed by atoms with Gasteiger partial charge in [0.25, 0.3) is 5.91 Å². The molecule has 104 valence electrons. The summed E-state index contributed by atoms with van der Waals surface area (Å²) in [4.78, 5) is 16.2. The van der Waals surface area contributed by atoms with Crippen molar-refractivity contribution in [3.8, 4) is 5.75 Å². The summed E-state index contributed by atoms with van der Waals surface area (Å²) >= 11 is 5.84. The Balaban J connectivity index is 1.96. The molecule has 0 aliphatic heterocycles. The molecule has 4 nitrogen and oxygen atoms in total. The topological polar surface area (TPSA) is 62.2 Å². The van der Waals surface area contributed by atoms with E-state index in [1.54, 1.807) is 24.3 Å². The third-order valence-corrected chi connectivity index (χ3v) is 3.34. The molecular formula is C16H11ClN2O2. The smallest absolute Gasteiger partial charge is 0.260 e. The summed E-state index contributed by atoms with van der Waals surface area (Å²) in [5, 5.41) is 14.8. The number of benzene rings is 2. The van der Waals surface area contributed by atoms with E-state index in [1.165, 1.54) is 12.3 Å². The summed E-state index contributed by atoms with van der Waals surface area (Å²) in [5.74, 6) is -0.152. The molecule has 0 unspecified atom stereocenters. The number of amides is 1. The fourth-order valence-electron chi connectivity index (χ4n) is 2.10. The number of carbonyl (C=O) groups is 1. The van der Waals surface area contributed by atoms with Gasteiger partial charge in [-0.05, 0) is 23.6 Å². The number of nitrogens with zero attached hydrogens (tertiary/aromatic N) is 1. The molecule has 0 spiro atoms. The fourth-order valence-corrected chi connectivity index (χ4v) is 2.25. The van der Waals surface area contributed by atoms with Gasteiger partial charge in [0, 0.05) is 16.6 Å². The maximum Gasteiger partial charge on any atom is 0.260 e. The SMILES string of the molecule is O=C(Nc1cc(Cl)ccn1)c1ccc2ccccc2c1O. The normalized spacial score (nSPS) is 10.5. The number of aromatic hydroxyl groups is 1. The van der Waals surface area contributed by atoms with Crippen molar-refractivity contribution < 1.29 is 9.90 Å². The molecular weight excluding hydrogens is 288 g/mol. The minimum absolute atomic E-state index is 0.0485. The molecule has 0 bridgehead atoms. The Labute approximate surface area is 126 Å². The van der Waals surface area contributed by atoms with Crippen LogP contribution in [-0.2, 0) is 0 Å². The second kappa shape index (κ2) is 5.42. The Morgan fingerprint density at radius 2 is 1.95 bits per heavy atom. The zero-order valence-corrected chi connectivity index (χ0v) is 11.6. The van der Waals surface area contributed by atoms with Gasteiger partial charge in [0.05, 0.1) is 5.56 Å². The third-order valence-electron chi connectivity index (χ3n) is 3.11. The molecule has 1 amide bonds. The number of pyridine rings is 1. The van der Waals surface area contributed by atoms with Crippen LogP contribution in [0.5, 0.6) is 5.75 Å². The number of phenols is 1. The molecule has 0 saturated heterocycles. The summed E-state index contributed by atoms with van der Waals surface area (Å²) < 4.78 is 0. The second-order valence-electron chi connectivity index (χ2n) is 4.50. The lowest BCUT2D eigenvalue weighted by molar-refractivity contribution is 0.102. The molecule has 21 heavy (non-hydrogen) atoms. The van der Waals surface area contributed by atoms with E-state index in [4.69, 9.17) is 11.6 Å². The summed E-state index contributed by atoms with van der Waals surface area (Å²) in [6.45, 7) is 0. The highest BCUT2D eigenvalue weighted by Gasteiger charge is 2.14. The van der Waals surface area contributed by atoms with Crippen molar-refractivity contribution in [2.75, 3.05) is 5.32 Å². The van der Waals surface area contributed by atoms with E-state index < -0.39 is 5.91 Å². The predicted molar refractivity (Wildman–Crippen MR) is 82.8 cm³/mol. The molecule has 2 aromatic carbocycles. The van der Waals surface area contributed by atoms with Crippen LogP contribution in [0.15, 0.2) is 54.7 Å². The molecule has 3 aromatic rings. The van der Waals surface area contributed by atoms with Gasteiger partial charge in [-0.1, -0.05) is 41.9 Å². The highest BCUT2D eigenvalue weighted by Crippen LogP contribution is 2.29. The maximum atomic E-state index is 12.2. The zero-order chi connectivity index (χ0) is 14.8. The summed E-state index contributed by atoms with van der Waals surface area (Å²) in [5.41, 5.74) is 0.190. The van der Waals surface area contributed by atoms with Crippen molar-refractivity contribution >= 4 is 34.1 Å². The number of fused-ring (bicyclic) bond motifs is 1. The van der Waals surface area contributed by atoms with Crippen LogP contribution in [0.25, 0.3) is 10.8 Å². The van der Waals surface area contributed by atoms with E-state index in [-0.39, 0.29) is 11.3 Å². The number of anilines is 1. The van der Waals surface area contributed by atoms with E-state index >= 15 is 0 Å². The van der Waals surface area contributed by atoms with Crippen molar-refractivity contribution in [3.05, 3.63) is 65.3 Å². The average Bonchev–Trinajstić information content (AvgIpc) is 2.48. The number of hydrogen-bond acceptors (Lipinski definition) is 3. The Morgan fingerprint density at radius 1 is 1.14 bits per heavy atom. The van der Waals surface area contributed by atoms with E-state index in [0.717, 1.165) is 5.39 Å². The van der Waals surface area contributed by atoms with Gasteiger partial charge in [-0.25, -0.2) is 4.98 Å². The lowest BCUT2D eigenvalue weighted by Gasteiger charge is -2.08. The van der Waals surface area contributed by atoms with Crippen LogP contribution in [0.3, 0.4) is 0 Å². The monoisotopic (exact) mass is 298 g/mol. The van der Waals surface area contributed by atoms with Gasteiger partial charge in [-0.3, -0.25) is 4.79 Å². The molecule has 0 aliphatic carbocycles. The number of carbonyl (C=O) groups excluding carboxylic acids is 1. The average molecular weight is 299 g/mol. The Kier molecular flexibility index (Phi) is 3.46. The number of halogens is 1. The Bertz CT molecular complexity index is 833. The van der Waals surface area contributed by atoms with Gasteiger partial charge in [-0.2, -0.15) is 0 Å². The Hall–Kier alpha value is -2.59. The number of rotatable bonds is 2. The van der Waals surface area contributed by atoms with Crippen LogP contribution in [0, 0.1) is 0 Å². The number of aromatic nitrogens is 1. The lowest BCUT2D eigenvalue weighted by atomic mass is 10.0. The van der Waals surface area contributed by atoms with Crippen molar-refractivity contribution in [2.24, 2.45) is 0 Å². The van der Waals surface area contributed by atoms with Crippen LogP contribution in [-0.4, -0.2) is 16.0 Å². The number of nitrogens with one attached hydrogen (secondary N) is 1. The van der Waals surface area contributed by atoms with E-state index in [2.05, 4.69) is 10.3 Å². The van der Waals surface area contributed by atoms with Crippen LogP contribution in [0.2, 0.25) is 5.02 Å². The maximum absolute atomic E-state index is 12.2. The molecule has 0 fully saturated rings. The Morgan fingerprint density at radius 3 is 2.76 bits per heavy atom. The first-order valence-corrected chi connectivity index (χ1v) is 6.66. The molecule has 1 aromatic heterocycles. The fraction of sp³-hybridized carbons (Fsp3) is 0. The lowest BCUT2D eigenvalue weighted by Crippen LogP contribution is -2.13. The van der Waals surface area contributed by atoms with Gasteiger partial charge in [0.15, 0.2) is 0 Å². The first-order valence-electron chi connectivity index (χ1n) is 6.29. The first kappa shape index (κ1) is 13.4. The standard InChI is InChI=1S/C16H11ClN2O2/c17-11-7-8-18-14(9-11)19-16(21)13-6-5-10-3-1-2-4-12(10)15(13)20/h1-9,20H,(H,18,19,21). The van der Waals surface area contributed by atoms with Gasteiger partial charge >= 0.3 is 0 Å². The van der Waals surface area contributed by atoms with Crippen molar-refractivity contribution in [2.45, 2.75) is 0 Å². The molecule has 3 rings (SSSR count). The molecule has 0 saturated carbocycles. The highest BCUT2D eigenvalue weighted by atomic mass is 35.5. The minimum Gasteiger partial charge on any atom is -0.506 e. The first-order chi connectivity index (χ1) is 10.1. The van der Waals surface area contributed by atoms with Crippen LogP contribution >= 0.6 is 11.6 Å². The van der Waals surface area contributed by atoms with Gasteiger partial charge in [0.1, 0.15) is 11.6 Å². The summed E-state index contributed by atoms with van der Waals surface area (Å²) in [7, 11) is 0. The molecule has 2 N–H and O–H groups in total. The molecule has 5 heteroatoms. The van der Waals surface area contributed by atoms with E-state index in [1.807, 2.05) is 18.2 Å². The van der Waals surface area contributed by atoms with Gasteiger partial charge in [0.2, 0.25) is 0 Å². The molecule has 0 atom stereocenters. The van der Waals surface area contributed by atoms with E-state index in [9.17, 15) is 9.90 Å². The third kappa shape index (κ3) is 2.66. The van der Waals surface area contributed by atoms with E-state index in [0.29, 0.717) is 16.2 Å². The number of hydrogen-bond donors (Lipinski definition) is 2. The minimum atomic E-state index is -0.437. The van der Waals surface area contributed by atoms with Crippen LogP contribution in [0.4, 0.5) is 5.82 Å². The van der Waals surface area contributed by atoms with Crippen molar-refractivity contribution in [1.29, 1.82) is 0 Å². The highest BCUT2D eigenvalue weighted by molar-refractivity contribution is 6.30. The number of phenolic OH excluding ortho intramolecular Hbond substituents is 1. The predicted octanol–water partition coefficient (Wildman–Crippen LogP) is 3.85. The van der Waals surface area contributed by atoms with Gasteiger partial charge < -0.3 is 10.4 Å². The summed E-state index contributed by atoms with van der Waals surface area (Å²) in [6, 6.07) is 13.8. The quantitative estimate of drug-likeness (QED) is 0.755. The second-order valence-corrected chi connectivity index (χ2v) is 4.93. The summed E-state index contributed by atoms with van der Waals surface area (Å²) in [6.07, 6.45) is 1.50. The van der Waals surface area contributed by atoms with Gasteiger partial charge in [-0.15, -0.1) is 0 Å². The molecule has 0 radical (unpaired) electrons. The largest absolute Gasteiger partial charge is 0.506 e.